The SMILES string of the molecule is CCCCCCN1c2ccccc2SC1SN. The molecule has 1 unspecified atom stereocenters. The van der Waals surface area contributed by atoms with E-state index in [1.165, 1.54) is 48.2 Å². The molecule has 0 amide bonds. The lowest BCUT2D eigenvalue weighted by Crippen LogP contribution is -2.29. The number of rotatable bonds is 6. The van der Waals surface area contributed by atoms with Crippen LogP contribution in [-0.2, 0) is 0 Å². The molecule has 1 atom stereocenters. The Hall–Kier alpha value is -0.320. The van der Waals surface area contributed by atoms with Crippen molar-refractivity contribution in [3.63, 3.8) is 0 Å². The van der Waals surface area contributed by atoms with E-state index >= 15 is 0 Å². The molecule has 1 heterocycles. The summed E-state index contributed by atoms with van der Waals surface area (Å²) in [7, 11) is 0. The molecule has 0 bridgehead atoms. The minimum atomic E-state index is 0.356. The maximum absolute atomic E-state index is 5.79. The van der Waals surface area contributed by atoms with Gasteiger partial charge in [0.05, 0.1) is 5.69 Å². The lowest BCUT2D eigenvalue weighted by atomic mass is 10.2. The molecule has 0 fully saturated rings. The van der Waals surface area contributed by atoms with E-state index in [0.717, 1.165) is 6.54 Å². The molecule has 1 aromatic carbocycles. The zero-order valence-corrected chi connectivity index (χ0v) is 11.9. The third-order valence-corrected chi connectivity index (χ3v) is 5.19. The van der Waals surface area contributed by atoms with Gasteiger partial charge in [-0.15, -0.1) is 0 Å². The van der Waals surface area contributed by atoms with Gasteiger partial charge in [0.25, 0.3) is 0 Å². The minimum Gasteiger partial charge on any atom is -0.349 e. The van der Waals surface area contributed by atoms with Crippen molar-refractivity contribution >= 4 is 29.4 Å². The van der Waals surface area contributed by atoms with Crippen molar-refractivity contribution in [2.45, 2.75) is 42.2 Å². The van der Waals surface area contributed by atoms with Crippen LogP contribution in [0, 0.1) is 0 Å². The van der Waals surface area contributed by atoms with Gasteiger partial charge in [0.15, 0.2) is 0 Å². The van der Waals surface area contributed by atoms with Crippen molar-refractivity contribution in [3.8, 4) is 0 Å². The molecule has 1 aliphatic rings. The molecule has 0 spiro atoms. The summed E-state index contributed by atoms with van der Waals surface area (Å²) in [5.41, 5.74) is 1.36. The Morgan fingerprint density at radius 3 is 2.88 bits per heavy atom. The Kier molecular flexibility index (Phi) is 5.07. The zero-order chi connectivity index (χ0) is 12.1. The maximum Gasteiger partial charge on any atom is 0.140 e. The molecule has 4 heteroatoms. The number of nitrogens with zero attached hydrogens (tertiary/aromatic N) is 1. The molecule has 0 radical (unpaired) electrons. The molecular formula is C13H20N2S2. The van der Waals surface area contributed by atoms with E-state index < -0.39 is 0 Å². The first-order valence-electron chi connectivity index (χ1n) is 6.24. The third kappa shape index (κ3) is 3.12. The standard InChI is InChI=1S/C13H20N2S2/c1-2-3-4-7-10-15-11-8-5-6-9-12(11)16-13(15)17-14/h5-6,8-9,13H,2-4,7,10,14H2,1H3. The van der Waals surface area contributed by atoms with E-state index in [2.05, 4.69) is 36.1 Å². The molecule has 2 nitrogen and oxygen atoms in total. The summed E-state index contributed by atoms with van der Waals surface area (Å²) < 4.78 is 0.356. The van der Waals surface area contributed by atoms with E-state index in [0.29, 0.717) is 4.71 Å². The average Bonchev–Trinajstić information content (AvgIpc) is 2.73. The van der Waals surface area contributed by atoms with Crippen molar-refractivity contribution in [1.82, 2.24) is 0 Å². The Labute approximate surface area is 112 Å². The number of thioether (sulfide) groups is 1. The highest BCUT2D eigenvalue weighted by molar-refractivity contribution is 8.16. The zero-order valence-electron chi connectivity index (χ0n) is 10.3. The van der Waals surface area contributed by atoms with Crippen LogP contribution in [0.1, 0.15) is 32.6 Å². The summed E-state index contributed by atoms with van der Waals surface area (Å²) >= 11 is 3.32. The topological polar surface area (TPSA) is 29.3 Å². The third-order valence-electron chi connectivity index (χ3n) is 3.03. The smallest absolute Gasteiger partial charge is 0.140 e. The summed E-state index contributed by atoms with van der Waals surface area (Å²) in [6.07, 6.45) is 5.21. The number of benzene rings is 1. The number of unbranched alkanes of at least 4 members (excludes halogenated alkanes) is 3. The first kappa shape index (κ1) is 13.1. The van der Waals surface area contributed by atoms with Crippen LogP contribution in [0.3, 0.4) is 0 Å². The lowest BCUT2D eigenvalue weighted by molar-refractivity contribution is 0.656. The fourth-order valence-corrected chi connectivity index (χ4v) is 4.04. The molecular weight excluding hydrogens is 248 g/mol. The largest absolute Gasteiger partial charge is 0.349 e. The highest BCUT2D eigenvalue weighted by Gasteiger charge is 2.28. The monoisotopic (exact) mass is 268 g/mol. The Balaban J connectivity index is 1.98. The summed E-state index contributed by atoms with van der Waals surface area (Å²) in [6.45, 7) is 3.37. The Morgan fingerprint density at radius 2 is 2.12 bits per heavy atom. The van der Waals surface area contributed by atoms with Crippen molar-refractivity contribution in [3.05, 3.63) is 24.3 Å². The van der Waals surface area contributed by atoms with E-state index in [-0.39, 0.29) is 0 Å². The molecule has 94 valence electrons. The molecule has 0 saturated heterocycles. The van der Waals surface area contributed by atoms with Gasteiger partial charge in [0, 0.05) is 11.4 Å². The van der Waals surface area contributed by atoms with Gasteiger partial charge in [0.1, 0.15) is 4.71 Å². The van der Waals surface area contributed by atoms with Gasteiger partial charge in [-0.3, -0.25) is 5.14 Å². The molecule has 0 saturated carbocycles. The van der Waals surface area contributed by atoms with E-state index in [1.807, 2.05) is 11.8 Å². The van der Waals surface area contributed by atoms with E-state index in [4.69, 9.17) is 5.14 Å². The summed E-state index contributed by atoms with van der Waals surface area (Å²) in [4.78, 5) is 3.81. The van der Waals surface area contributed by atoms with Crippen LogP contribution in [0.5, 0.6) is 0 Å². The number of anilines is 1. The number of hydrogen-bond acceptors (Lipinski definition) is 4. The van der Waals surface area contributed by atoms with Crippen LogP contribution in [0.15, 0.2) is 29.2 Å². The fourth-order valence-electron chi connectivity index (χ4n) is 2.12. The molecule has 17 heavy (non-hydrogen) atoms. The maximum atomic E-state index is 5.79. The van der Waals surface area contributed by atoms with Gasteiger partial charge < -0.3 is 4.90 Å². The van der Waals surface area contributed by atoms with Crippen LogP contribution in [0.4, 0.5) is 5.69 Å². The first-order chi connectivity index (χ1) is 8.36. The van der Waals surface area contributed by atoms with Crippen LogP contribution in [0.2, 0.25) is 0 Å². The van der Waals surface area contributed by atoms with Gasteiger partial charge in [-0.05, 0) is 30.5 Å². The number of para-hydroxylation sites is 1. The van der Waals surface area contributed by atoms with Crippen molar-refractivity contribution in [2.75, 3.05) is 11.4 Å². The van der Waals surface area contributed by atoms with Crippen molar-refractivity contribution in [2.24, 2.45) is 5.14 Å². The number of fused-ring (bicyclic) bond motifs is 1. The lowest BCUT2D eigenvalue weighted by Gasteiger charge is -2.24. The van der Waals surface area contributed by atoms with Crippen molar-refractivity contribution < 1.29 is 0 Å². The van der Waals surface area contributed by atoms with Crippen LogP contribution in [-0.4, -0.2) is 11.3 Å². The van der Waals surface area contributed by atoms with E-state index in [9.17, 15) is 0 Å². The second kappa shape index (κ2) is 6.57. The summed E-state index contributed by atoms with van der Waals surface area (Å²) in [5.74, 6) is 0. The number of hydrogen-bond donors (Lipinski definition) is 1. The van der Waals surface area contributed by atoms with Gasteiger partial charge >= 0.3 is 0 Å². The van der Waals surface area contributed by atoms with Gasteiger partial charge in [0.2, 0.25) is 0 Å². The average molecular weight is 268 g/mol. The summed E-state index contributed by atoms with van der Waals surface area (Å²) in [6, 6.07) is 8.61. The second-order valence-corrected chi connectivity index (χ2v) is 6.42. The number of nitrogens with two attached hydrogens (primary N) is 1. The first-order valence-corrected chi connectivity index (χ1v) is 8.07. The molecule has 2 N–H and O–H groups in total. The fraction of sp³-hybridized carbons (Fsp3) is 0.538. The quantitative estimate of drug-likeness (QED) is 0.622. The minimum absolute atomic E-state index is 0.356. The molecule has 0 aromatic heterocycles. The molecule has 0 aliphatic carbocycles. The van der Waals surface area contributed by atoms with E-state index in [1.54, 1.807) is 0 Å². The molecule has 1 aromatic rings. The Morgan fingerprint density at radius 1 is 1.29 bits per heavy atom. The predicted molar refractivity (Wildman–Crippen MR) is 79.4 cm³/mol. The second-order valence-electron chi connectivity index (χ2n) is 4.28. The highest BCUT2D eigenvalue weighted by Crippen LogP contribution is 2.46. The molecule has 2 rings (SSSR count). The van der Waals surface area contributed by atoms with Gasteiger partial charge in [-0.25, -0.2) is 0 Å². The van der Waals surface area contributed by atoms with Crippen LogP contribution in [0.25, 0.3) is 0 Å². The Bertz CT molecular complexity index is 357. The predicted octanol–water partition coefficient (Wildman–Crippen LogP) is 4.07. The van der Waals surface area contributed by atoms with Gasteiger partial charge in [-0.1, -0.05) is 50.1 Å². The van der Waals surface area contributed by atoms with Gasteiger partial charge in [-0.2, -0.15) is 0 Å². The van der Waals surface area contributed by atoms with Crippen LogP contribution >= 0.6 is 23.7 Å². The normalized spacial score (nSPS) is 18.5. The molecule has 1 aliphatic heterocycles. The van der Waals surface area contributed by atoms with Crippen molar-refractivity contribution in [1.29, 1.82) is 0 Å². The van der Waals surface area contributed by atoms with Crippen LogP contribution < -0.4 is 10.0 Å². The summed E-state index contributed by atoms with van der Waals surface area (Å²) in [5, 5.41) is 5.79. The highest BCUT2D eigenvalue weighted by atomic mass is 32.2.